The molecule has 0 bridgehead atoms. The normalized spacial score (nSPS) is 22.5. The molecule has 1 aliphatic heterocycles. The molecular weight excluding hydrogens is 196 g/mol. The second-order valence-corrected chi connectivity index (χ2v) is 4.75. The van der Waals surface area contributed by atoms with Crippen LogP contribution in [0.3, 0.4) is 0 Å². The molecule has 1 unspecified atom stereocenters. The van der Waals surface area contributed by atoms with Gasteiger partial charge in [0, 0.05) is 11.8 Å². The molecule has 0 amide bonds. The lowest BCUT2D eigenvalue weighted by Gasteiger charge is -2.21. The Balaban J connectivity index is 1.89. The average molecular weight is 212 g/mol. The molecule has 0 radical (unpaired) electrons. The summed E-state index contributed by atoms with van der Waals surface area (Å²) in [7, 11) is 0. The molecule has 2 heterocycles. The molecule has 78 valence electrons. The first-order valence-corrected chi connectivity index (χ1v) is 6.01. The predicted octanol–water partition coefficient (Wildman–Crippen LogP) is 1.18. The van der Waals surface area contributed by atoms with Crippen LogP contribution in [0.15, 0.2) is 5.38 Å². The number of aliphatic hydroxyl groups excluding tert-OH is 1. The van der Waals surface area contributed by atoms with Crippen LogP contribution >= 0.6 is 11.3 Å². The van der Waals surface area contributed by atoms with E-state index in [0.717, 1.165) is 31.1 Å². The number of hydrogen-bond acceptors (Lipinski definition) is 4. The summed E-state index contributed by atoms with van der Waals surface area (Å²) in [5.41, 5.74) is 0.814. The van der Waals surface area contributed by atoms with Gasteiger partial charge in [0.05, 0.1) is 17.3 Å². The standard InChI is InChI=1S/C10H16N2OS/c13-6-9-7-14-10(12-9)4-8-2-1-3-11-5-8/h7-8,11,13H,1-6H2. The van der Waals surface area contributed by atoms with Gasteiger partial charge in [0.15, 0.2) is 0 Å². The van der Waals surface area contributed by atoms with Gasteiger partial charge < -0.3 is 10.4 Å². The minimum Gasteiger partial charge on any atom is -0.390 e. The Kier molecular flexibility index (Phi) is 3.50. The SMILES string of the molecule is OCc1csc(CC2CCCNC2)n1. The zero-order chi connectivity index (χ0) is 9.80. The second kappa shape index (κ2) is 4.87. The number of rotatable bonds is 3. The first-order chi connectivity index (χ1) is 6.88. The number of aromatic nitrogens is 1. The lowest BCUT2D eigenvalue weighted by atomic mass is 9.97. The van der Waals surface area contributed by atoms with Crippen LogP contribution in [0.2, 0.25) is 0 Å². The Morgan fingerprint density at radius 2 is 2.57 bits per heavy atom. The Morgan fingerprint density at radius 1 is 1.64 bits per heavy atom. The third-order valence-corrected chi connectivity index (χ3v) is 3.54. The number of nitrogens with one attached hydrogen (secondary N) is 1. The zero-order valence-electron chi connectivity index (χ0n) is 8.20. The predicted molar refractivity (Wildman–Crippen MR) is 57.3 cm³/mol. The quantitative estimate of drug-likeness (QED) is 0.791. The van der Waals surface area contributed by atoms with Crippen LogP contribution in [-0.2, 0) is 13.0 Å². The summed E-state index contributed by atoms with van der Waals surface area (Å²) in [5, 5.41) is 15.4. The van der Waals surface area contributed by atoms with Crippen molar-refractivity contribution in [2.75, 3.05) is 13.1 Å². The van der Waals surface area contributed by atoms with Gasteiger partial charge in [-0.15, -0.1) is 11.3 Å². The highest BCUT2D eigenvalue weighted by Crippen LogP contribution is 2.19. The van der Waals surface area contributed by atoms with Crippen molar-refractivity contribution in [1.82, 2.24) is 10.3 Å². The van der Waals surface area contributed by atoms with Crippen LogP contribution < -0.4 is 5.32 Å². The van der Waals surface area contributed by atoms with Gasteiger partial charge in [-0.2, -0.15) is 0 Å². The van der Waals surface area contributed by atoms with Crippen molar-refractivity contribution in [2.45, 2.75) is 25.9 Å². The molecule has 0 aliphatic carbocycles. The molecule has 14 heavy (non-hydrogen) atoms. The zero-order valence-corrected chi connectivity index (χ0v) is 9.02. The van der Waals surface area contributed by atoms with E-state index in [0.29, 0.717) is 0 Å². The average Bonchev–Trinajstić information content (AvgIpc) is 2.67. The van der Waals surface area contributed by atoms with E-state index in [-0.39, 0.29) is 6.61 Å². The molecule has 4 heteroatoms. The maximum atomic E-state index is 8.89. The van der Waals surface area contributed by atoms with Gasteiger partial charge in [0.25, 0.3) is 0 Å². The van der Waals surface area contributed by atoms with Crippen LogP contribution in [0.5, 0.6) is 0 Å². The van der Waals surface area contributed by atoms with Crippen LogP contribution in [0.4, 0.5) is 0 Å². The molecule has 1 saturated heterocycles. The van der Waals surface area contributed by atoms with Crippen molar-refractivity contribution in [3.05, 3.63) is 16.1 Å². The summed E-state index contributed by atoms with van der Waals surface area (Å²) in [6.45, 7) is 2.35. The Morgan fingerprint density at radius 3 is 3.21 bits per heavy atom. The van der Waals surface area contributed by atoms with Crippen molar-refractivity contribution in [3.8, 4) is 0 Å². The molecule has 0 saturated carbocycles. The number of hydrogen-bond donors (Lipinski definition) is 2. The summed E-state index contributed by atoms with van der Waals surface area (Å²) in [5.74, 6) is 0.737. The van der Waals surface area contributed by atoms with Crippen molar-refractivity contribution in [2.24, 2.45) is 5.92 Å². The minimum absolute atomic E-state index is 0.0689. The fourth-order valence-corrected chi connectivity index (χ4v) is 2.76. The smallest absolute Gasteiger partial charge is 0.0932 e. The fourth-order valence-electron chi connectivity index (χ4n) is 1.86. The lowest BCUT2D eigenvalue weighted by molar-refractivity contribution is 0.277. The van der Waals surface area contributed by atoms with Crippen LogP contribution in [0.1, 0.15) is 23.5 Å². The van der Waals surface area contributed by atoms with E-state index in [4.69, 9.17) is 5.11 Å². The van der Waals surface area contributed by atoms with Crippen molar-refractivity contribution in [1.29, 1.82) is 0 Å². The summed E-state index contributed by atoms with van der Waals surface area (Å²) in [4.78, 5) is 4.36. The number of nitrogens with zero attached hydrogens (tertiary/aromatic N) is 1. The maximum absolute atomic E-state index is 8.89. The molecule has 0 spiro atoms. The highest BCUT2D eigenvalue weighted by Gasteiger charge is 2.14. The molecule has 1 aliphatic rings. The third kappa shape index (κ3) is 2.53. The fraction of sp³-hybridized carbons (Fsp3) is 0.700. The maximum Gasteiger partial charge on any atom is 0.0932 e. The molecule has 2 rings (SSSR count). The summed E-state index contributed by atoms with van der Waals surface area (Å²) >= 11 is 1.67. The van der Waals surface area contributed by atoms with Gasteiger partial charge in [-0.3, -0.25) is 0 Å². The van der Waals surface area contributed by atoms with Crippen LogP contribution in [0.25, 0.3) is 0 Å². The van der Waals surface area contributed by atoms with Gasteiger partial charge >= 0.3 is 0 Å². The minimum atomic E-state index is 0.0689. The monoisotopic (exact) mass is 212 g/mol. The van der Waals surface area contributed by atoms with E-state index in [1.54, 1.807) is 11.3 Å². The summed E-state index contributed by atoms with van der Waals surface area (Å²) < 4.78 is 0. The van der Waals surface area contributed by atoms with Crippen LogP contribution in [-0.4, -0.2) is 23.2 Å². The van der Waals surface area contributed by atoms with Gasteiger partial charge in [-0.25, -0.2) is 4.98 Å². The van der Waals surface area contributed by atoms with E-state index in [9.17, 15) is 0 Å². The molecule has 1 fully saturated rings. The Bertz CT molecular complexity index is 281. The largest absolute Gasteiger partial charge is 0.390 e. The molecule has 1 aromatic rings. The molecule has 0 aromatic carbocycles. The highest BCUT2D eigenvalue weighted by molar-refractivity contribution is 7.09. The van der Waals surface area contributed by atoms with Crippen molar-refractivity contribution in [3.63, 3.8) is 0 Å². The summed E-state index contributed by atoms with van der Waals surface area (Å²) in [6.07, 6.45) is 3.65. The third-order valence-electron chi connectivity index (χ3n) is 2.62. The molecule has 3 nitrogen and oxygen atoms in total. The van der Waals surface area contributed by atoms with E-state index in [1.807, 2.05) is 5.38 Å². The van der Waals surface area contributed by atoms with Gasteiger partial charge in [0.2, 0.25) is 0 Å². The first-order valence-electron chi connectivity index (χ1n) is 5.13. The number of aliphatic hydroxyl groups is 1. The Hall–Kier alpha value is -0.450. The van der Waals surface area contributed by atoms with E-state index >= 15 is 0 Å². The van der Waals surface area contributed by atoms with Crippen LogP contribution in [0, 0.1) is 5.92 Å². The lowest BCUT2D eigenvalue weighted by Crippen LogP contribution is -2.30. The van der Waals surface area contributed by atoms with E-state index in [2.05, 4.69) is 10.3 Å². The van der Waals surface area contributed by atoms with E-state index < -0.39 is 0 Å². The van der Waals surface area contributed by atoms with E-state index in [1.165, 1.54) is 17.8 Å². The van der Waals surface area contributed by atoms with Crippen molar-refractivity contribution >= 4 is 11.3 Å². The molecule has 1 aromatic heterocycles. The summed E-state index contributed by atoms with van der Waals surface area (Å²) in [6, 6.07) is 0. The second-order valence-electron chi connectivity index (χ2n) is 3.81. The molecule has 1 atom stereocenters. The molecule has 2 N–H and O–H groups in total. The first kappa shape index (κ1) is 10.1. The Labute approximate surface area is 88.2 Å². The van der Waals surface area contributed by atoms with Crippen molar-refractivity contribution < 1.29 is 5.11 Å². The van der Waals surface area contributed by atoms with Gasteiger partial charge in [-0.1, -0.05) is 0 Å². The topological polar surface area (TPSA) is 45.1 Å². The highest BCUT2D eigenvalue weighted by atomic mass is 32.1. The van der Waals surface area contributed by atoms with Gasteiger partial charge in [-0.05, 0) is 31.8 Å². The number of piperidine rings is 1. The number of thiazole rings is 1. The van der Waals surface area contributed by atoms with Gasteiger partial charge in [0.1, 0.15) is 0 Å². The molecular formula is C10H16N2OS.